The zero-order valence-electron chi connectivity index (χ0n) is 16.4. The van der Waals surface area contributed by atoms with Crippen LogP contribution in [0.3, 0.4) is 0 Å². The molecule has 31 heavy (non-hydrogen) atoms. The van der Waals surface area contributed by atoms with Gasteiger partial charge in [0, 0.05) is 10.9 Å². The first kappa shape index (κ1) is 22.2. The Hall–Kier alpha value is -3.49. The highest BCUT2D eigenvalue weighted by molar-refractivity contribution is 5.86. The molecule has 0 radical (unpaired) electrons. The molecule has 0 saturated heterocycles. The zero-order chi connectivity index (χ0) is 22.6. The molecule has 0 aliphatic rings. The Morgan fingerprint density at radius 1 is 1.13 bits per heavy atom. The van der Waals surface area contributed by atoms with E-state index in [9.17, 15) is 27.2 Å². The highest BCUT2D eigenvalue weighted by Crippen LogP contribution is 2.32. The van der Waals surface area contributed by atoms with E-state index < -0.39 is 29.1 Å². The maximum Gasteiger partial charge on any atom is 0.419 e. The standard InChI is InChI=1S/C22H18F4N2O3/c1-2-31-19(29)13-18-15-9-3-4-10-16(15)21(30)28(27-18)12-6-8-14-7-5-11-17(20(14)23)22(24,25)26/h3-11H,2,12-13H2,1H3. The molecular formula is C22H18F4N2O3. The molecule has 1 heterocycles. The molecule has 3 aromatic rings. The number of benzene rings is 2. The minimum absolute atomic E-state index is 0.130. The lowest BCUT2D eigenvalue weighted by molar-refractivity contribution is -0.142. The van der Waals surface area contributed by atoms with Gasteiger partial charge >= 0.3 is 12.1 Å². The average molecular weight is 434 g/mol. The number of carbonyl (C=O) groups is 1. The Morgan fingerprint density at radius 2 is 1.84 bits per heavy atom. The Labute approximate surface area is 174 Å². The summed E-state index contributed by atoms with van der Waals surface area (Å²) in [5.74, 6) is -1.90. The molecule has 0 fully saturated rings. The summed E-state index contributed by atoms with van der Waals surface area (Å²) in [6.07, 6.45) is -2.48. The third-order valence-electron chi connectivity index (χ3n) is 4.47. The normalized spacial score (nSPS) is 11.9. The molecule has 0 spiro atoms. The second-order valence-electron chi connectivity index (χ2n) is 6.57. The van der Waals surface area contributed by atoms with Crippen molar-refractivity contribution in [2.45, 2.75) is 26.1 Å². The molecule has 0 bridgehead atoms. The van der Waals surface area contributed by atoms with E-state index in [2.05, 4.69) is 5.10 Å². The van der Waals surface area contributed by atoms with E-state index in [0.29, 0.717) is 22.5 Å². The number of carbonyl (C=O) groups excluding carboxylic acids is 1. The van der Waals surface area contributed by atoms with Crippen molar-refractivity contribution in [1.82, 2.24) is 9.78 Å². The molecule has 0 unspecified atom stereocenters. The Balaban J connectivity index is 1.94. The van der Waals surface area contributed by atoms with Gasteiger partial charge in [-0.3, -0.25) is 9.59 Å². The minimum atomic E-state index is -4.81. The SMILES string of the molecule is CCOC(=O)Cc1nn(CC=Cc2cccc(C(F)(F)F)c2F)c(=O)c2ccccc12. The first-order valence-electron chi connectivity index (χ1n) is 9.39. The summed E-state index contributed by atoms with van der Waals surface area (Å²) in [6, 6.07) is 9.57. The second-order valence-corrected chi connectivity index (χ2v) is 6.57. The van der Waals surface area contributed by atoms with Gasteiger partial charge in [-0.1, -0.05) is 42.5 Å². The van der Waals surface area contributed by atoms with Gasteiger partial charge in [0.25, 0.3) is 5.56 Å². The van der Waals surface area contributed by atoms with Crippen molar-refractivity contribution in [3.63, 3.8) is 0 Å². The van der Waals surface area contributed by atoms with Crippen LogP contribution in [0.1, 0.15) is 23.7 Å². The molecule has 2 aromatic carbocycles. The van der Waals surface area contributed by atoms with E-state index in [-0.39, 0.29) is 25.1 Å². The molecule has 3 rings (SSSR count). The summed E-state index contributed by atoms with van der Waals surface area (Å²) in [5.41, 5.74) is -1.76. The number of rotatable bonds is 6. The van der Waals surface area contributed by atoms with Gasteiger partial charge in [0.15, 0.2) is 0 Å². The van der Waals surface area contributed by atoms with Crippen LogP contribution in [0, 0.1) is 5.82 Å². The first-order valence-corrected chi connectivity index (χ1v) is 9.39. The van der Waals surface area contributed by atoms with Crippen LogP contribution in [0.4, 0.5) is 17.6 Å². The number of fused-ring (bicyclic) bond motifs is 1. The van der Waals surface area contributed by atoms with Crippen molar-refractivity contribution in [2.24, 2.45) is 0 Å². The van der Waals surface area contributed by atoms with E-state index in [0.717, 1.165) is 16.8 Å². The van der Waals surface area contributed by atoms with E-state index in [4.69, 9.17) is 4.74 Å². The van der Waals surface area contributed by atoms with E-state index >= 15 is 0 Å². The van der Waals surface area contributed by atoms with E-state index in [1.165, 1.54) is 12.1 Å². The van der Waals surface area contributed by atoms with Gasteiger partial charge in [0.2, 0.25) is 0 Å². The van der Waals surface area contributed by atoms with Gasteiger partial charge < -0.3 is 4.74 Å². The predicted octanol–water partition coefficient (Wildman–Crippen LogP) is 4.37. The topological polar surface area (TPSA) is 61.2 Å². The van der Waals surface area contributed by atoms with Gasteiger partial charge in [0.1, 0.15) is 5.82 Å². The molecule has 1 aromatic heterocycles. The molecule has 0 aliphatic heterocycles. The molecule has 0 saturated carbocycles. The number of hydrogen-bond donors (Lipinski definition) is 0. The van der Waals surface area contributed by atoms with Gasteiger partial charge in [-0.2, -0.15) is 18.3 Å². The van der Waals surface area contributed by atoms with Crippen LogP contribution in [-0.2, 0) is 28.7 Å². The van der Waals surface area contributed by atoms with Gasteiger partial charge in [-0.15, -0.1) is 0 Å². The monoisotopic (exact) mass is 434 g/mol. The highest BCUT2D eigenvalue weighted by Gasteiger charge is 2.34. The summed E-state index contributed by atoms with van der Waals surface area (Å²) in [7, 11) is 0. The maximum absolute atomic E-state index is 14.2. The van der Waals surface area contributed by atoms with Crippen LogP contribution in [0.15, 0.2) is 53.3 Å². The van der Waals surface area contributed by atoms with Gasteiger partial charge in [-0.25, -0.2) is 9.07 Å². The number of halogens is 4. The van der Waals surface area contributed by atoms with Crippen LogP contribution < -0.4 is 5.56 Å². The molecule has 0 aliphatic carbocycles. The third-order valence-corrected chi connectivity index (χ3v) is 4.47. The quantitative estimate of drug-likeness (QED) is 0.427. The van der Waals surface area contributed by atoms with Crippen molar-refractivity contribution >= 4 is 22.8 Å². The molecule has 0 N–H and O–H groups in total. The number of ether oxygens (including phenoxy) is 1. The average Bonchev–Trinajstić information content (AvgIpc) is 2.71. The fourth-order valence-electron chi connectivity index (χ4n) is 3.09. The van der Waals surface area contributed by atoms with Crippen molar-refractivity contribution in [3.05, 3.63) is 81.5 Å². The second kappa shape index (κ2) is 9.11. The summed E-state index contributed by atoms with van der Waals surface area (Å²) >= 11 is 0. The fourth-order valence-corrected chi connectivity index (χ4v) is 3.09. The number of alkyl halides is 3. The maximum atomic E-state index is 14.2. The lowest BCUT2D eigenvalue weighted by atomic mass is 10.1. The number of esters is 1. The molecular weight excluding hydrogens is 416 g/mol. The summed E-state index contributed by atoms with van der Waals surface area (Å²) < 4.78 is 58.8. The summed E-state index contributed by atoms with van der Waals surface area (Å²) in [5, 5.41) is 5.04. The minimum Gasteiger partial charge on any atom is -0.466 e. The fraction of sp³-hybridized carbons (Fsp3) is 0.227. The Bertz CT molecular complexity index is 1200. The highest BCUT2D eigenvalue weighted by atomic mass is 19.4. The Kier molecular flexibility index (Phi) is 6.53. The third kappa shape index (κ3) is 4.99. The zero-order valence-corrected chi connectivity index (χ0v) is 16.4. The molecule has 0 amide bonds. The Morgan fingerprint density at radius 3 is 2.52 bits per heavy atom. The van der Waals surface area contributed by atoms with Crippen LogP contribution in [0.2, 0.25) is 0 Å². The smallest absolute Gasteiger partial charge is 0.419 e. The van der Waals surface area contributed by atoms with Gasteiger partial charge in [0.05, 0.1) is 36.2 Å². The number of aromatic nitrogens is 2. The largest absolute Gasteiger partial charge is 0.466 e. The van der Waals surface area contributed by atoms with Crippen LogP contribution in [0.5, 0.6) is 0 Å². The predicted molar refractivity (Wildman–Crippen MR) is 107 cm³/mol. The van der Waals surface area contributed by atoms with Crippen molar-refractivity contribution in [2.75, 3.05) is 6.61 Å². The first-order chi connectivity index (χ1) is 14.7. The van der Waals surface area contributed by atoms with Crippen molar-refractivity contribution in [1.29, 1.82) is 0 Å². The van der Waals surface area contributed by atoms with E-state index in [1.807, 2.05) is 0 Å². The van der Waals surface area contributed by atoms with Crippen LogP contribution in [0.25, 0.3) is 16.8 Å². The summed E-state index contributed by atoms with van der Waals surface area (Å²) in [6.45, 7) is 1.74. The molecule has 5 nitrogen and oxygen atoms in total. The number of nitrogens with zero attached hydrogens (tertiary/aromatic N) is 2. The van der Waals surface area contributed by atoms with Gasteiger partial charge in [-0.05, 0) is 19.1 Å². The molecule has 0 atom stereocenters. The lowest BCUT2D eigenvalue weighted by Crippen LogP contribution is -2.25. The van der Waals surface area contributed by atoms with Crippen LogP contribution in [-0.4, -0.2) is 22.4 Å². The van der Waals surface area contributed by atoms with Crippen molar-refractivity contribution < 1.29 is 27.1 Å². The van der Waals surface area contributed by atoms with Crippen LogP contribution >= 0.6 is 0 Å². The molecule has 162 valence electrons. The summed E-state index contributed by atoms with van der Waals surface area (Å²) in [4.78, 5) is 24.6. The van der Waals surface area contributed by atoms with E-state index in [1.54, 1.807) is 31.2 Å². The molecule has 9 heteroatoms. The lowest BCUT2D eigenvalue weighted by Gasteiger charge is -2.10. The number of allylic oxidation sites excluding steroid dienone is 1. The van der Waals surface area contributed by atoms with Crippen molar-refractivity contribution in [3.8, 4) is 0 Å². The number of hydrogen-bond acceptors (Lipinski definition) is 4.